The molecule has 0 radical (unpaired) electrons. The summed E-state index contributed by atoms with van der Waals surface area (Å²) in [6.45, 7) is 5.32. The van der Waals surface area contributed by atoms with E-state index < -0.39 is 5.97 Å². The van der Waals surface area contributed by atoms with Crippen LogP contribution in [-0.2, 0) is 11.2 Å². The van der Waals surface area contributed by atoms with Gasteiger partial charge in [0.05, 0.1) is 11.8 Å². The van der Waals surface area contributed by atoms with Crippen molar-refractivity contribution in [1.82, 2.24) is 4.90 Å². The fourth-order valence-corrected chi connectivity index (χ4v) is 3.44. The Bertz CT molecular complexity index is 543. The summed E-state index contributed by atoms with van der Waals surface area (Å²) < 4.78 is 5.32. The molecule has 0 aromatic carbocycles. The van der Waals surface area contributed by atoms with Crippen molar-refractivity contribution in [3.8, 4) is 0 Å². The Labute approximate surface area is 137 Å². The van der Waals surface area contributed by atoms with Gasteiger partial charge in [-0.05, 0) is 32.1 Å². The highest BCUT2D eigenvalue weighted by atomic mass is 16.4. The summed E-state index contributed by atoms with van der Waals surface area (Å²) in [5, 5.41) is 9.00. The molecule has 1 aromatic rings. The van der Waals surface area contributed by atoms with Crippen molar-refractivity contribution in [2.75, 3.05) is 13.1 Å². The number of aryl methyl sites for hydroxylation is 1. The van der Waals surface area contributed by atoms with E-state index in [0.29, 0.717) is 18.0 Å². The third kappa shape index (κ3) is 4.60. The van der Waals surface area contributed by atoms with Crippen molar-refractivity contribution in [2.24, 2.45) is 5.92 Å². The maximum Gasteiger partial charge on any atom is 0.311 e. The summed E-state index contributed by atoms with van der Waals surface area (Å²) >= 11 is 0. The number of hydrogen-bond donors (Lipinski definition) is 1. The maximum absolute atomic E-state index is 13.0. The van der Waals surface area contributed by atoms with E-state index in [1.807, 2.05) is 4.90 Å². The van der Waals surface area contributed by atoms with Gasteiger partial charge in [0.15, 0.2) is 0 Å². The molecule has 0 saturated heterocycles. The molecule has 0 unspecified atom stereocenters. The van der Waals surface area contributed by atoms with E-state index >= 15 is 0 Å². The smallest absolute Gasteiger partial charge is 0.311 e. The van der Waals surface area contributed by atoms with Crippen LogP contribution in [0, 0.1) is 12.8 Å². The standard InChI is InChI=1S/C18H27NO4/c1-3-9-19(11-14-7-5-4-6-8-14)18(22)17-13(2)12-23-15(17)10-16(20)21/h12,14H,3-11H2,1-2H3,(H,20,21). The Balaban J connectivity index is 2.16. The number of carboxylic acid groups (broad SMARTS) is 1. The van der Waals surface area contributed by atoms with Crippen molar-refractivity contribution in [2.45, 2.75) is 58.8 Å². The van der Waals surface area contributed by atoms with E-state index in [2.05, 4.69) is 6.92 Å². The van der Waals surface area contributed by atoms with Crippen molar-refractivity contribution in [3.05, 3.63) is 23.2 Å². The van der Waals surface area contributed by atoms with Crippen LogP contribution in [0.1, 0.15) is 67.1 Å². The number of carbonyl (C=O) groups excluding carboxylic acids is 1. The van der Waals surface area contributed by atoms with Crippen LogP contribution in [0.25, 0.3) is 0 Å². The first-order valence-corrected chi connectivity index (χ1v) is 8.61. The molecule has 0 spiro atoms. The first kappa shape index (κ1) is 17.6. The molecule has 1 fully saturated rings. The van der Waals surface area contributed by atoms with Gasteiger partial charge in [0.1, 0.15) is 12.2 Å². The Morgan fingerprint density at radius 2 is 2.00 bits per heavy atom. The number of aliphatic carboxylic acids is 1. The molecule has 1 N–H and O–H groups in total. The SMILES string of the molecule is CCCN(CC1CCCCC1)C(=O)c1c(C)coc1CC(=O)O. The highest BCUT2D eigenvalue weighted by molar-refractivity contribution is 5.97. The predicted octanol–water partition coefficient (Wildman–Crippen LogP) is 3.65. The summed E-state index contributed by atoms with van der Waals surface area (Å²) in [5.74, 6) is -0.234. The second-order valence-corrected chi connectivity index (χ2v) is 6.54. The molecule has 1 heterocycles. The first-order chi connectivity index (χ1) is 11.0. The zero-order valence-corrected chi connectivity index (χ0v) is 14.1. The molecule has 1 aliphatic rings. The molecule has 1 aliphatic carbocycles. The lowest BCUT2D eigenvalue weighted by molar-refractivity contribution is -0.136. The fraction of sp³-hybridized carbons (Fsp3) is 0.667. The minimum atomic E-state index is -0.984. The van der Waals surface area contributed by atoms with Crippen molar-refractivity contribution < 1.29 is 19.1 Å². The maximum atomic E-state index is 13.0. The molecule has 128 valence electrons. The van der Waals surface area contributed by atoms with Gasteiger partial charge < -0.3 is 14.4 Å². The van der Waals surface area contributed by atoms with Crippen LogP contribution in [-0.4, -0.2) is 35.0 Å². The Hall–Kier alpha value is -1.78. The third-order valence-electron chi connectivity index (χ3n) is 4.56. The van der Waals surface area contributed by atoms with Gasteiger partial charge in [-0.1, -0.05) is 26.2 Å². The summed E-state index contributed by atoms with van der Waals surface area (Å²) in [6, 6.07) is 0. The van der Waals surface area contributed by atoms with Crippen LogP contribution in [0.4, 0.5) is 0 Å². The number of carboxylic acids is 1. The minimum absolute atomic E-state index is 0.0834. The zero-order chi connectivity index (χ0) is 16.8. The van der Waals surface area contributed by atoms with Gasteiger partial charge >= 0.3 is 5.97 Å². The lowest BCUT2D eigenvalue weighted by Crippen LogP contribution is -2.37. The third-order valence-corrected chi connectivity index (χ3v) is 4.56. The average molecular weight is 321 g/mol. The van der Waals surface area contributed by atoms with Gasteiger partial charge in [-0.25, -0.2) is 0 Å². The van der Waals surface area contributed by atoms with Crippen LogP contribution >= 0.6 is 0 Å². The molecule has 23 heavy (non-hydrogen) atoms. The molecule has 5 nitrogen and oxygen atoms in total. The van der Waals surface area contributed by atoms with E-state index in [0.717, 1.165) is 18.5 Å². The number of hydrogen-bond acceptors (Lipinski definition) is 3. The highest BCUT2D eigenvalue weighted by Crippen LogP contribution is 2.26. The Morgan fingerprint density at radius 1 is 1.30 bits per heavy atom. The van der Waals surface area contributed by atoms with Gasteiger partial charge in [-0.15, -0.1) is 0 Å². The van der Waals surface area contributed by atoms with Crippen LogP contribution in [0.2, 0.25) is 0 Å². The van der Waals surface area contributed by atoms with Crippen molar-refractivity contribution >= 4 is 11.9 Å². The first-order valence-electron chi connectivity index (χ1n) is 8.61. The fourth-order valence-electron chi connectivity index (χ4n) is 3.44. The van der Waals surface area contributed by atoms with Gasteiger partial charge in [-0.3, -0.25) is 9.59 Å². The van der Waals surface area contributed by atoms with Gasteiger partial charge in [0.2, 0.25) is 0 Å². The highest BCUT2D eigenvalue weighted by Gasteiger charge is 2.27. The van der Waals surface area contributed by atoms with Crippen LogP contribution in [0.5, 0.6) is 0 Å². The number of furan rings is 1. The van der Waals surface area contributed by atoms with E-state index in [1.165, 1.54) is 38.4 Å². The summed E-state index contributed by atoms with van der Waals surface area (Å²) in [7, 11) is 0. The molecule has 0 aliphatic heterocycles. The number of carbonyl (C=O) groups is 2. The van der Waals surface area contributed by atoms with Crippen molar-refractivity contribution in [1.29, 1.82) is 0 Å². The lowest BCUT2D eigenvalue weighted by atomic mass is 9.88. The van der Waals surface area contributed by atoms with Gasteiger partial charge in [0.25, 0.3) is 5.91 Å². The van der Waals surface area contributed by atoms with E-state index in [1.54, 1.807) is 6.92 Å². The van der Waals surface area contributed by atoms with Crippen molar-refractivity contribution in [3.63, 3.8) is 0 Å². The van der Waals surface area contributed by atoms with E-state index in [9.17, 15) is 9.59 Å². The lowest BCUT2D eigenvalue weighted by Gasteiger charge is -2.30. The molecule has 0 bridgehead atoms. The molecule has 5 heteroatoms. The molecule has 1 amide bonds. The Morgan fingerprint density at radius 3 is 2.61 bits per heavy atom. The normalized spacial score (nSPS) is 15.6. The zero-order valence-electron chi connectivity index (χ0n) is 14.1. The van der Waals surface area contributed by atoms with E-state index in [4.69, 9.17) is 9.52 Å². The van der Waals surface area contributed by atoms with Crippen LogP contribution in [0.15, 0.2) is 10.7 Å². The summed E-state index contributed by atoms with van der Waals surface area (Å²) in [4.78, 5) is 25.8. The summed E-state index contributed by atoms with van der Waals surface area (Å²) in [6.07, 6.45) is 8.27. The van der Waals surface area contributed by atoms with Crippen LogP contribution in [0.3, 0.4) is 0 Å². The molecule has 1 saturated carbocycles. The van der Waals surface area contributed by atoms with Gasteiger partial charge in [0, 0.05) is 18.7 Å². The predicted molar refractivity (Wildman–Crippen MR) is 87.6 cm³/mol. The quantitative estimate of drug-likeness (QED) is 0.832. The molecule has 0 atom stereocenters. The Kier molecular flexibility index (Phi) is 6.25. The van der Waals surface area contributed by atoms with Crippen LogP contribution < -0.4 is 0 Å². The summed E-state index contributed by atoms with van der Waals surface area (Å²) in [5.41, 5.74) is 1.16. The number of rotatable bonds is 7. The monoisotopic (exact) mass is 321 g/mol. The second-order valence-electron chi connectivity index (χ2n) is 6.54. The van der Waals surface area contributed by atoms with E-state index in [-0.39, 0.29) is 18.1 Å². The number of nitrogens with zero attached hydrogens (tertiary/aromatic N) is 1. The topological polar surface area (TPSA) is 70.8 Å². The minimum Gasteiger partial charge on any atom is -0.481 e. The molecule has 2 rings (SSSR count). The molecular weight excluding hydrogens is 294 g/mol. The molecular formula is C18H27NO4. The average Bonchev–Trinajstić information content (AvgIpc) is 2.87. The van der Waals surface area contributed by atoms with Gasteiger partial charge in [-0.2, -0.15) is 0 Å². The second kappa shape index (κ2) is 8.18. The molecule has 1 aromatic heterocycles. The largest absolute Gasteiger partial charge is 0.481 e. The number of amides is 1.